The molecule has 0 aliphatic heterocycles. The number of hydrogen-bond acceptors (Lipinski definition) is 13. The van der Waals surface area contributed by atoms with Crippen LogP contribution in [0.1, 0.15) is 59.8 Å². The number of aliphatic hydroxyl groups excluding tert-OH is 1. The zero-order valence-corrected chi connectivity index (χ0v) is 24.1. The molecule has 0 aromatic rings. The van der Waals surface area contributed by atoms with Crippen molar-refractivity contribution in [3.8, 4) is 0 Å². The molecule has 0 heterocycles. The summed E-state index contributed by atoms with van der Waals surface area (Å²) in [4.78, 5) is 71.9. The normalized spacial score (nSPS) is 14.0. The molecule has 0 radical (unpaired) electrons. The van der Waals surface area contributed by atoms with Gasteiger partial charge in [0.05, 0.1) is 43.8 Å². The molecular weight excluding hydrogens is 532 g/mol. The molecule has 0 fully saturated rings. The fourth-order valence-corrected chi connectivity index (χ4v) is 3.58. The van der Waals surface area contributed by atoms with Crippen molar-refractivity contribution < 1.29 is 62.3 Å². The van der Waals surface area contributed by atoms with Crippen molar-refractivity contribution in [3.05, 3.63) is 12.7 Å². The van der Waals surface area contributed by atoms with E-state index in [1.807, 2.05) is 0 Å². The fraction of sp³-hybridized carbons (Fsp3) is 0.704. The van der Waals surface area contributed by atoms with Gasteiger partial charge in [-0.2, -0.15) is 0 Å². The molecule has 0 aliphatic carbocycles. The Bertz CT molecular complexity index is 895. The maximum Gasteiger partial charge on any atom is 0.330 e. The van der Waals surface area contributed by atoms with Crippen molar-refractivity contribution in [1.29, 1.82) is 0 Å². The number of ether oxygens (including phenoxy) is 6. The Morgan fingerprint density at radius 1 is 0.800 bits per heavy atom. The first kappa shape index (κ1) is 36.5. The van der Waals surface area contributed by atoms with Crippen molar-refractivity contribution in [3.63, 3.8) is 0 Å². The van der Waals surface area contributed by atoms with Gasteiger partial charge in [0, 0.05) is 6.08 Å². The highest BCUT2D eigenvalue weighted by Crippen LogP contribution is 2.37. The van der Waals surface area contributed by atoms with Gasteiger partial charge in [0.25, 0.3) is 0 Å². The van der Waals surface area contributed by atoms with Crippen molar-refractivity contribution in [2.24, 2.45) is 16.7 Å². The molecule has 0 saturated heterocycles. The number of carbonyl (C=O) groups is 6. The number of carbonyl (C=O) groups excluding carboxylic acids is 6. The Morgan fingerprint density at radius 2 is 1.35 bits per heavy atom. The molecule has 3 unspecified atom stereocenters. The summed E-state index contributed by atoms with van der Waals surface area (Å²) in [6.45, 7) is 8.52. The van der Waals surface area contributed by atoms with E-state index in [4.69, 9.17) is 23.7 Å². The summed E-state index contributed by atoms with van der Waals surface area (Å²) in [5, 5.41) is 9.58. The lowest BCUT2D eigenvalue weighted by atomic mass is 9.73. The number of aliphatic hydroxyl groups is 1. The maximum atomic E-state index is 12.7. The van der Waals surface area contributed by atoms with Gasteiger partial charge in [-0.1, -0.05) is 13.5 Å². The van der Waals surface area contributed by atoms with Gasteiger partial charge in [-0.05, 0) is 40.0 Å². The second kappa shape index (κ2) is 18.0. The third kappa shape index (κ3) is 13.5. The summed E-state index contributed by atoms with van der Waals surface area (Å²) in [5.74, 6) is -4.70. The predicted octanol–water partition coefficient (Wildman–Crippen LogP) is 1.67. The van der Waals surface area contributed by atoms with Gasteiger partial charge in [0.2, 0.25) is 0 Å². The average Bonchev–Trinajstić information content (AvgIpc) is 2.93. The summed E-state index contributed by atoms with van der Waals surface area (Å²) < 4.78 is 29.3. The Morgan fingerprint density at radius 3 is 1.88 bits per heavy atom. The SMILES string of the molecule is C=CC(=O)OCC(O)COC(=O)CCC(=O)OCCOC(=O)C(C)(C)CC(CC(C)(CC)C(=O)OC)C(=O)OC. The van der Waals surface area contributed by atoms with Crippen LogP contribution >= 0.6 is 0 Å². The molecule has 40 heavy (non-hydrogen) atoms. The first-order valence-corrected chi connectivity index (χ1v) is 12.8. The first-order valence-electron chi connectivity index (χ1n) is 12.8. The first-order chi connectivity index (χ1) is 18.6. The van der Waals surface area contributed by atoms with Crippen LogP contribution in [0.25, 0.3) is 0 Å². The number of rotatable bonds is 19. The minimum absolute atomic E-state index is 0.0401. The highest BCUT2D eigenvalue weighted by molar-refractivity contribution is 5.81. The van der Waals surface area contributed by atoms with E-state index in [0.717, 1.165) is 6.08 Å². The molecule has 0 aromatic heterocycles. The molecule has 0 rings (SSSR count). The molecule has 3 atom stereocenters. The van der Waals surface area contributed by atoms with E-state index in [2.05, 4.69) is 11.3 Å². The third-order valence-corrected chi connectivity index (χ3v) is 6.13. The smallest absolute Gasteiger partial charge is 0.330 e. The van der Waals surface area contributed by atoms with Crippen LogP contribution in [0.3, 0.4) is 0 Å². The minimum atomic E-state index is -1.23. The molecule has 228 valence electrons. The highest BCUT2D eigenvalue weighted by atomic mass is 16.6. The van der Waals surface area contributed by atoms with Crippen molar-refractivity contribution in [1.82, 2.24) is 0 Å². The van der Waals surface area contributed by atoms with Crippen LogP contribution in [0.2, 0.25) is 0 Å². The molecule has 0 saturated carbocycles. The van der Waals surface area contributed by atoms with Gasteiger partial charge in [0.15, 0.2) is 0 Å². The van der Waals surface area contributed by atoms with Crippen LogP contribution in [0.5, 0.6) is 0 Å². The maximum absolute atomic E-state index is 12.7. The van der Waals surface area contributed by atoms with Gasteiger partial charge in [-0.3, -0.25) is 24.0 Å². The van der Waals surface area contributed by atoms with Crippen LogP contribution in [-0.4, -0.2) is 87.7 Å². The highest BCUT2D eigenvalue weighted by Gasteiger charge is 2.42. The zero-order chi connectivity index (χ0) is 30.9. The van der Waals surface area contributed by atoms with E-state index in [-0.39, 0.29) is 45.5 Å². The summed E-state index contributed by atoms with van der Waals surface area (Å²) in [7, 11) is 2.49. The minimum Gasteiger partial charge on any atom is -0.469 e. The zero-order valence-electron chi connectivity index (χ0n) is 24.1. The molecule has 0 aromatic carbocycles. The van der Waals surface area contributed by atoms with Crippen molar-refractivity contribution >= 4 is 35.8 Å². The third-order valence-electron chi connectivity index (χ3n) is 6.13. The average molecular weight is 575 g/mol. The summed E-state index contributed by atoms with van der Waals surface area (Å²) in [5.41, 5.74) is -2.08. The standard InChI is InChI=1S/C27H42O13/c1-8-20(29)39-16-19(28)17-40-22(31)11-10-21(30)37-12-13-38-24(33)26(3,4)14-18(23(32)35-6)15-27(5,9-2)25(34)36-7/h8,18-19,28H,1,9-17H2,2-7H3. The van der Waals surface area contributed by atoms with E-state index in [9.17, 15) is 33.9 Å². The molecule has 0 amide bonds. The lowest BCUT2D eigenvalue weighted by Crippen LogP contribution is -2.37. The lowest BCUT2D eigenvalue weighted by Gasteiger charge is -2.32. The van der Waals surface area contributed by atoms with Crippen LogP contribution in [0.4, 0.5) is 0 Å². The quantitative estimate of drug-likeness (QED) is 0.102. The van der Waals surface area contributed by atoms with Crippen molar-refractivity contribution in [2.75, 3.05) is 40.6 Å². The summed E-state index contributed by atoms with van der Waals surface area (Å²) >= 11 is 0. The molecule has 0 aliphatic rings. The van der Waals surface area contributed by atoms with E-state index in [1.165, 1.54) is 14.2 Å². The van der Waals surface area contributed by atoms with E-state index < -0.39 is 65.3 Å². The second-order valence-electron chi connectivity index (χ2n) is 9.95. The van der Waals surface area contributed by atoms with Crippen LogP contribution < -0.4 is 0 Å². The van der Waals surface area contributed by atoms with E-state index in [1.54, 1.807) is 27.7 Å². The summed E-state index contributed by atoms with van der Waals surface area (Å²) in [6.07, 6.45) is -0.371. The van der Waals surface area contributed by atoms with Gasteiger partial charge in [-0.15, -0.1) is 0 Å². The van der Waals surface area contributed by atoms with E-state index >= 15 is 0 Å². The van der Waals surface area contributed by atoms with Gasteiger partial charge in [0.1, 0.15) is 32.5 Å². The Kier molecular flexibility index (Phi) is 16.4. The van der Waals surface area contributed by atoms with Gasteiger partial charge < -0.3 is 33.5 Å². The number of methoxy groups -OCH3 is 2. The molecule has 1 N–H and O–H groups in total. The van der Waals surface area contributed by atoms with Crippen LogP contribution in [0.15, 0.2) is 12.7 Å². The summed E-state index contributed by atoms with van der Waals surface area (Å²) in [6, 6.07) is 0. The molecular formula is C27H42O13. The van der Waals surface area contributed by atoms with Crippen molar-refractivity contribution in [2.45, 2.75) is 65.9 Å². The lowest BCUT2D eigenvalue weighted by molar-refractivity contribution is -0.162. The number of esters is 6. The van der Waals surface area contributed by atoms with Gasteiger partial charge >= 0.3 is 35.8 Å². The number of hydrogen-bond donors (Lipinski definition) is 1. The predicted molar refractivity (Wildman–Crippen MR) is 138 cm³/mol. The largest absolute Gasteiger partial charge is 0.469 e. The topological polar surface area (TPSA) is 178 Å². The Balaban J connectivity index is 4.60. The molecule has 0 spiro atoms. The van der Waals surface area contributed by atoms with Gasteiger partial charge in [-0.25, -0.2) is 4.79 Å². The Labute approximate surface area is 234 Å². The molecule has 13 nitrogen and oxygen atoms in total. The second-order valence-corrected chi connectivity index (χ2v) is 9.95. The fourth-order valence-electron chi connectivity index (χ4n) is 3.58. The van der Waals surface area contributed by atoms with Crippen LogP contribution in [0, 0.1) is 16.7 Å². The van der Waals surface area contributed by atoms with E-state index in [0.29, 0.717) is 6.42 Å². The monoisotopic (exact) mass is 574 g/mol. The van der Waals surface area contributed by atoms with Crippen LogP contribution in [-0.2, 0) is 57.2 Å². The molecule has 0 bridgehead atoms. The Hall–Kier alpha value is -3.48. The molecule has 13 heteroatoms.